The first kappa shape index (κ1) is 19.1. The molecule has 0 aliphatic rings. The zero-order chi connectivity index (χ0) is 21.6. The molecule has 0 bridgehead atoms. The number of nitrogens with one attached hydrogen (secondary N) is 1. The number of rotatable bonds is 4. The van der Waals surface area contributed by atoms with Crippen LogP contribution < -0.4 is 16.5 Å². The summed E-state index contributed by atoms with van der Waals surface area (Å²) in [7, 11) is 0. The molecule has 0 atom stereocenters. The summed E-state index contributed by atoms with van der Waals surface area (Å²) in [6.07, 6.45) is 0. The van der Waals surface area contributed by atoms with Gasteiger partial charge in [0, 0.05) is 5.56 Å². The minimum atomic E-state index is -1.31. The van der Waals surface area contributed by atoms with Crippen molar-refractivity contribution in [3.63, 3.8) is 0 Å². The molecule has 2 aromatic heterocycles. The maximum absolute atomic E-state index is 12.7. The number of carbonyl (C=O) groups excluding carboxylic acids is 2. The summed E-state index contributed by atoms with van der Waals surface area (Å²) in [5, 5.41) is 11.0. The molecule has 4 rings (SSSR count). The fourth-order valence-corrected chi connectivity index (χ4v) is 3.15. The van der Waals surface area contributed by atoms with Crippen LogP contribution in [0.5, 0.6) is 0 Å². The molecule has 0 aliphatic heterocycles. The molecule has 0 radical (unpaired) electrons. The summed E-state index contributed by atoms with van der Waals surface area (Å²) in [6.45, 7) is 3.88. The summed E-state index contributed by atoms with van der Waals surface area (Å²) in [4.78, 5) is 46.9. The lowest BCUT2D eigenvalue weighted by Crippen LogP contribution is -2.21. The Kier molecular flexibility index (Phi) is 4.42. The number of benzene rings is 2. The second-order valence-corrected chi connectivity index (χ2v) is 6.86. The Hall–Kier alpha value is -4.27. The van der Waals surface area contributed by atoms with Crippen molar-refractivity contribution in [1.82, 2.24) is 19.5 Å². The molecular weight excluding hydrogens is 386 g/mol. The second-order valence-electron chi connectivity index (χ2n) is 6.86. The predicted molar refractivity (Wildman–Crippen MR) is 107 cm³/mol. The number of carboxylic acid groups (broad SMARTS) is 1. The SMILES string of the molecule is Cc1ccc(-n2c(=O)[nH]c3c(C(N)=O)nc(-c4ccc(C(=O)[O-])cc4)nc32)cc1C. The van der Waals surface area contributed by atoms with Crippen molar-refractivity contribution in [1.29, 1.82) is 0 Å². The number of aromatic nitrogens is 4. The smallest absolute Gasteiger partial charge is 0.332 e. The van der Waals surface area contributed by atoms with Crippen LogP contribution in [0.25, 0.3) is 28.2 Å². The summed E-state index contributed by atoms with van der Waals surface area (Å²) < 4.78 is 1.34. The number of primary amides is 1. The number of H-pyrrole nitrogens is 1. The molecule has 3 N–H and O–H groups in total. The normalized spacial score (nSPS) is 11.0. The van der Waals surface area contributed by atoms with E-state index < -0.39 is 17.6 Å². The van der Waals surface area contributed by atoms with Crippen molar-refractivity contribution < 1.29 is 14.7 Å². The van der Waals surface area contributed by atoms with E-state index in [1.165, 1.54) is 28.8 Å². The molecule has 0 aliphatic carbocycles. The van der Waals surface area contributed by atoms with Gasteiger partial charge in [0.1, 0.15) is 5.52 Å². The third-order valence-electron chi connectivity index (χ3n) is 4.90. The highest BCUT2D eigenvalue weighted by Gasteiger charge is 2.20. The lowest BCUT2D eigenvalue weighted by molar-refractivity contribution is -0.255. The fraction of sp³-hybridized carbons (Fsp3) is 0.0952. The molecule has 0 fully saturated rings. The molecule has 9 heteroatoms. The van der Waals surface area contributed by atoms with Crippen LogP contribution in [-0.2, 0) is 0 Å². The van der Waals surface area contributed by atoms with E-state index in [0.29, 0.717) is 11.3 Å². The van der Waals surface area contributed by atoms with Crippen molar-refractivity contribution in [3.05, 3.63) is 75.3 Å². The van der Waals surface area contributed by atoms with Crippen molar-refractivity contribution in [3.8, 4) is 17.1 Å². The molecule has 2 heterocycles. The van der Waals surface area contributed by atoms with E-state index in [-0.39, 0.29) is 28.2 Å². The number of nitrogens with zero attached hydrogens (tertiary/aromatic N) is 3. The number of hydrogen-bond donors (Lipinski definition) is 2. The number of nitrogens with two attached hydrogens (primary N) is 1. The van der Waals surface area contributed by atoms with Gasteiger partial charge in [-0.2, -0.15) is 0 Å². The number of carboxylic acids is 1. The molecule has 9 nitrogen and oxygen atoms in total. The minimum Gasteiger partial charge on any atom is -0.545 e. The fourth-order valence-electron chi connectivity index (χ4n) is 3.15. The van der Waals surface area contributed by atoms with Gasteiger partial charge in [0.15, 0.2) is 17.2 Å². The first-order chi connectivity index (χ1) is 14.3. The Morgan fingerprint density at radius 1 is 1.03 bits per heavy atom. The maximum atomic E-state index is 12.7. The molecule has 150 valence electrons. The molecule has 0 spiro atoms. The third kappa shape index (κ3) is 3.12. The number of aryl methyl sites for hydroxylation is 2. The van der Waals surface area contributed by atoms with Crippen LogP contribution in [0.2, 0.25) is 0 Å². The van der Waals surface area contributed by atoms with E-state index in [9.17, 15) is 19.5 Å². The van der Waals surface area contributed by atoms with Crippen LogP contribution >= 0.6 is 0 Å². The van der Waals surface area contributed by atoms with Gasteiger partial charge in [0.2, 0.25) is 0 Å². The Labute approximate surface area is 169 Å². The van der Waals surface area contributed by atoms with Crippen molar-refractivity contribution in [2.75, 3.05) is 0 Å². The maximum Gasteiger partial charge on any atom is 0.332 e. The van der Waals surface area contributed by atoms with E-state index in [1.54, 1.807) is 6.07 Å². The molecule has 2 aromatic carbocycles. The van der Waals surface area contributed by atoms with E-state index in [4.69, 9.17) is 5.73 Å². The van der Waals surface area contributed by atoms with Crippen molar-refractivity contribution >= 4 is 23.0 Å². The summed E-state index contributed by atoms with van der Waals surface area (Å²) in [5.41, 5.74) is 8.22. The lowest BCUT2D eigenvalue weighted by atomic mass is 10.1. The number of fused-ring (bicyclic) bond motifs is 1. The van der Waals surface area contributed by atoms with Gasteiger partial charge in [0.25, 0.3) is 5.91 Å². The van der Waals surface area contributed by atoms with Crippen molar-refractivity contribution in [2.24, 2.45) is 5.73 Å². The second kappa shape index (κ2) is 6.96. The predicted octanol–water partition coefficient (Wildman–Crippen LogP) is 0.855. The van der Waals surface area contributed by atoms with Crippen LogP contribution in [0.4, 0.5) is 0 Å². The van der Waals surface area contributed by atoms with E-state index in [0.717, 1.165) is 11.1 Å². The summed E-state index contributed by atoms with van der Waals surface area (Å²) >= 11 is 0. The third-order valence-corrected chi connectivity index (χ3v) is 4.90. The Balaban J connectivity index is 2.00. The first-order valence-electron chi connectivity index (χ1n) is 8.98. The number of hydrogen-bond acceptors (Lipinski definition) is 6. The topological polar surface area (TPSA) is 147 Å². The average Bonchev–Trinajstić information content (AvgIpc) is 3.05. The molecule has 0 saturated heterocycles. The minimum absolute atomic E-state index is 0.0105. The standard InChI is InChI=1S/C21H17N5O4/c1-10-3-8-14(9-11(10)2)26-19-16(24-21(26)30)15(17(22)27)23-18(25-19)12-4-6-13(7-5-12)20(28)29/h3-9H,1-2H3,(H2,22,27)(H,24,30)(H,28,29)/p-1. The number of aromatic amines is 1. The van der Waals surface area contributed by atoms with Gasteiger partial charge in [-0.15, -0.1) is 0 Å². The molecule has 0 unspecified atom stereocenters. The number of carbonyl (C=O) groups is 2. The van der Waals surface area contributed by atoms with Gasteiger partial charge >= 0.3 is 5.69 Å². The van der Waals surface area contributed by atoms with Gasteiger partial charge in [-0.05, 0) is 42.7 Å². The largest absolute Gasteiger partial charge is 0.545 e. The van der Waals surface area contributed by atoms with Gasteiger partial charge in [0.05, 0.1) is 11.7 Å². The summed E-state index contributed by atoms with van der Waals surface area (Å²) in [6, 6.07) is 11.2. The number of aromatic carboxylic acids is 1. The highest BCUT2D eigenvalue weighted by Crippen LogP contribution is 2.23. The van der Waals surface area contributed by atoms with E-state index in [1.807, 2.05) is 26.0 Å². The van der Waals surface area contributed by atoms with Gasteiger partial charge in [-0.1, -0.05) is 30.3 Å². The van der Waals surface area contributed by atoms with E-state index in [2.05, 4.69) is 15.0 Å². The monoisotopic (exact) mass is 402 g/mol. The van der Waals surface area contributed by atoms with Crippen LogP contribution in [0.1, 0.15) is 32.0 Å². The molecule has 4 aromatic rings. The zero-order valence-electron chi connectivity index (χ0n) is 16.1. The van der Waals surface area contributed by atoms with E-state index >= 15 is 0 Å². The lowest BCUT2D eigenvalue weighted by Gasteiger charge is -2.09. The number of amides is 1. The highest BCUT2D eigenvalue weighted by molar-refractivity contribution is 6.02. The van der Waals surface area contributed by atoms with Crippen LogP contribution in [0.15, 0.2) is 47.3 Å². The van der Waals surface area contributed by atoms with Gasteiger partial charge in [-0.25, -0.2) is 19.3 Å². The molecule has 30 heavy (non-hydrogen) atoms. The van der Waals surface area contributed by atoms with Gasteiger partial charge in [-0.3, -0.25) is 4.79 Å². The van der Waals surface area contributed by atoms with Crippen LogP contribution in [-0.4, -0.2) is 31.4 Å². The molecule has 1 amide bonds. The molecular formula is C21H16N5O4-. The zero-order valence-corrected chi connectivity index (χ0v) is 16.1. The first-order valence-corrected chi connectivity index (χ1v) is 8.98. The quantitative estimate of drug-likeness (QED) is 0.517. The Morgan fingerprint density at radius 3 is 2.33 bits per heavy atom. The van der Waals surface area contributed by atoms with Crippen LogP contribution in [0.3, 0.4) is 0 Å². The van der Waals surface area contributed by atoms with Gasteiger partial charge < -0.3 is 20.6 Å². The molecule has 0 saturated carbocycles. The highest BCUT2D eigenvalue weighted by atomic mass is 16.4. The number of imidazole rings is 1. The average molecular weight is 402 g/mol. The van der Waals surface area contributed by atoms with Crippen LogP contribution in [0, 0.1) is 13.8 Å². The Morgan fingerprint density at radius 2 is 1.73 bits per heavy atom. The van der Waals surface area contributed by atoms with Crippen molar-refractivity contribution in [2.45, 2.75) is 13.8 Å². The summed E-state index contributed by atoms with van der Waals surface area (Å²) in [5.74, 6) is -2.02. The Bertz CT molecular complexity index is 1380.